The molecule has 5 heteroatoms. The van der Waals surface area contributed by atoms with Gasteiger partial charge in [-0.25, -0.2) is 9.37 Å². The fourth-order valence-corrected chi connectivity index (χ4v) is 2.50. The number of aryl methyl sites for hydroxylation is 1. The molecular formula is C18H15FN4. The first kappa shape index (κ1) is 14.8. The van der Waals surface area contributed by atoms with Gasteiger partial charge in [0.05, 0.1) is 11.4 Å². The predicted molar refractivity (Wildman–Crippen MR) is 86.7 cm³/mol. The van der Waals surface area contributed by atoms with Crippen molar-refractivity contribution in [3.05, 3.63) is 77.6 Å². The molecule has 1 N–H and O–H groups in total. The smallest absolute Gasteiger partial charge is 0.143 e. The largest absolute Gasteiger partial charge is 0.380 e. The molecule has 0 unspecified atom stereocenters. The molecule has 0 saturated heterocycles. The van der Waals surface area contributed by atoms with Crippen LogP contribution in [0.5, 0.6) is 0 Å². The maximum Gasteiger partial charge on any atom is 0.143 e. The standard InChI is InChI=1S/C18H15FN4/c1-13-21-9-10-23(13)18-8-3-2-5-14(18)12-22-17-7-4-6-16(19)15(17)11-20/h2-10,22H,12H2,1H3. The van der Waals surface area contributed by atoms with Crippen molar-refractivity contribution >= 4 is 5.69 Å². The van der Waals surface area contributed by atoms with Crippen molar-refractivity contribution in [3.8, 4) is 11.8 Å². The lowest BCUT2D eigenvalue weighted by molar-refractivity contribution is 0.624. The topological polar surface area (TPSA) is 53.6 Å². The molecule has 0 bridgehead atoms. The highest BCUT2D eigenvalue weighted by Gasteiger charge is 2.10. The van der Waals surface area contributed by atoms with Gasteiger partial charge in [-0.3, -0.25) is 0 Å². The third-order valence-corrected chi connectivity index (χ3v) is 3.67. The number of anilines is 1. The van der Waals surface area contributed by atoms with Gasteiger partial charge in [-0.15, -0.1) is 0 Å². The number of halogens is 1. The lowest BCUT2D eigenvalue weighted by Gasteiger charge is -2.14. The number of para-hydroxylation sites is 1. The second kappa shape index (κ2) is 6.32. The number of nitriles is 1. The average molecular weight is 306 g/mol. The Labute approximate surface area is 133 Å². The number of imidazole rings is 1. The number of benzene rings is 2. The van der Waals surface area contributed by atoms with Gasteiger partial charge < -0.3 is 9.88 Å². The van der Waals surface area contributed by atoms with Gasteiger partial charge >= 0.3 is 0 Å². The second-order valence-corrected chi connectivity index (χ2v) is 5.10. The van der Waals surface area contributed by atoms with E-state index in [0.717, 1.165) is 17.1 Å². The Morgan fingerprint density at radius 2 is 2.04 bits per heavy atom. The first-order valence-electron chi connectivity index (χ1n) is 7.21. The Hall–Kier alpha value is -3.13. The number of rotatable bonds is 4. The number of hydrogen-bond donors (Lipinski definition) is 1. The first-order chi connectivity index (χ1) is 11.2. The third kappa shape index (κ3) is 2.92. The molecule has 1 heterocycles. The highest BCUT2D eigenvalue weighted by atomic mass is 19.1. The monoisotopic (exact) mass is 306 g/mol. The quantitative estimate of drug-likeness (QED) is 0.797. The lowest BCUT2D eigenvalue weighted by atomic mass is 10.1. The SMILES string of the molecule is Cc1nccn1-c1ccccc1CNc1cccc(F)c1C#N. The van der Waals surface area contributed by atoms with Crippen molar-refractivity contribution in [1.82, 2.24) is 9.55 Å². The summed E-state index contributed by atoms with van der Waals surface area (Å²) in [5, 5.41) is 12.2. The second-order valence-electron chi connectivity index (χ2n) is 5.10. The van der Waals surface area contributed by atoms with E-state index in [-0.39, 0.29) is 5.56 Å². The summed E-state index contributed by atoms with van der Waals surface area (Å²) in [6.07, 6.45) is 3.65. The molecule has 114 valence electrons. The molecular weight excluding hydrogens is 291 g/mol. The van der Waals surface area contributed by atoms with E-state index in [9.17, 15) is 4.39 Å². The first-order valence-corrected chi connectivity index (χ1v) is 7.21. The third-order valence-electron chi connectivity index (χ3n) is 3.67. The predicted octanol–water partition coefficient (Wildman–Crippen LogP) is 3.80. The number of hydrogen-bond acceptors (Lipinski definition) is 3. The zero-order valence-corrected chi connectivity index (χ0v) is 12.6. The van der Waals surface area contributed by atoms with Crippen LogP contribution in [-0.4, -0.2) is 9.55 Å². The van der Waals surface area contributed by atoms with Crippen LogP contribution < -0.4 is 5.32 Å². The molecule has 3 rings (SSSR count). The molecule has 4 nitrogen and oxygen atoms in total. The van der Waals surface area contributed by atoms with Gasteiger partial charge in [0.25, 0.3) is 0 Å². The molecule has 0 fully saturated rings. The van der Waals surface area contributed by atoms with E-state index in [1.807, 2.05) is 48.0 Å². The van der Waals surface area contributed by atoms with Gasteiger partial charge in [0, 0.05) is 18.9 Å². The molecule has 0 aliphatic heterocycles. The fourth-order valence-electron chi connectivity index (χ4n) is 2.50. The number of nitrogens with one attached hydrogen (secondary N) is 1. The van der Waals surface area contributed by atoms with Crippen LogP contribution in [0.3, 0.4) is 0 Å². The van der Waals surface area contributed by atoms with Crippen molar-refractivity contribution in [3.63, 3.8) is 0 Å². The summed E-state index contributed by atoms with van der Waals surface area (Å²) in [4.78, 5) is 4.24. The van der Waals surface area contributed by atoms with Crippen molar-refractivity contribution in [2.24, 2.45) is 0 Å². The molecule has 0 aliphatic carbocycles. The van der Waals surface area contributed by atoms with Crippen LogP contribution in [0.1, 0.15) is 17.0 Å². The average Bonchev–Trinajstić information content (AvgIpc) is 2.99. The number of aromatic nitrogens is 2. The van der Waals surface area contributed by atoms with E-state index in [1.54, 1.807) is 18.3 Å². The van der Waals surface area contributed by atoms with E-state index < -0.39 is 5.82 Å². The van der Waals surface area contributed by atoms with Gasteiger partial charge in [-0.2, -0.15) is 5.26 Å². The minimum atomic E-state index is -0.517. The minimum absolute atomic E-state index is 0.0313. The van der Waals surface area contributed by atoms with Crippen LogP contribution in [0.4, 0.5) is 10.1 Å². The van der Waals surface area contributed by atoms with Crippen molar-refractivity contribution in [1.29, 1.82) is 5.26 Å². The summed E-state index contributed by atoms with van der Waals surface area (Å²) in [5.41, 5.74) is 2.56. The molecule has 23 heavy (non-hydrogen) atoms. The molecule has 0 atom stereocenters. The summed E-state index contributed by atoms with van der Waals surface area (Å²) in [5.74, 6) is 0.372. The van der Waals surface area contributed by atoms with Gasteiger partial charge in [-0.1, -0.05) is 24.3 Å². The van der Waals surface area contributed by atoms with Crippen molar-refractivity contribution < 1.29 is 4.39 Å². The summed E-state index contributed by atoms with van der Waals surface area (Å²) >= 11 is 0. The van der Waals surface area contributed by atoms with Gasteiger partial charge in [-0.05, 0) is 30.7 Å². The van der Waals surface area contributed by atoms with E-state index in [4.69, 9.17) is 5.26 Å². The Bertz CT molecular complexity index is 877. The highest BCUT2D eigenvalue weighted by Crippen LogP contribution is 2.21. The van der Waals surface area contributed by atoms with Gasteiger partial charge in [0.2, 0.25) is 0 Å². The molecule has 3 aromatic rings. The molecule has 2 aromatic carbocycles. The Kier molecular flexibility index (Phi) is 4.07. The highest BCUT2D eigenvalue weighted by molar-refractivity contribution is 5.58. The Morgan fingerprint density at radius 3 is 2.78 bits per heavy atom. The van der Waals surface area contributed by atoms with E-state index >= 15 is 0 Å². The van der Waals surface area contributed by atoms with E-state index in [2.05, 4.69) is 10.3 Å². The molecule has 0 radical (unpaired) electrons. The Morgan fingerprint density at radius 1 is 1.22 bits per heavy atom. The summed E-state index contributed by atoms with van der Waals surface area (Å²) < 4.78 is 15.7. The summed E-state index contributed by atoms with van der Waals surface area (Å²) in [6.45, 7) is 2.41. The van der Waals surface area contributed by atoms with Crippen LogP contribution in [0.15, 0.2) is 54.9 Å². The Balaban J connectivity index is 1.90. The normalized spacial score (nSPS) is 10.3. The molecule has 0 aliphatic rings. The maximum atomic E-state index is 13.7. The van der Waals surface area contributed by atoms with E-state index in [1.165, 1.54) is 6.07 Å². The van der Waals surface area contributed by atoms with Crippen molar-refractivity contribution in [2.75, 3.05) is 5.32 Å². The van der Waals surface area contributed by atoms with Gasteiger partial charge in [0.15, 0.2) is 0 Å². The summed E-state index contributed by atoms with van der Waals surface area (Å²) in [6, 6.07) is 14.4. The maximum absolute atomic E-state index is 13.7. The molecule has 0 amide bonds. The van der Waals surface area contributed by atoms with Crippen LogP contribution >= 0.6 is 0 Å². The minimum Gasteiger partial charge on any atom is -0.380 e. The zero-order valence-electron chi connectivity index (χ0n) is 12.6. The summed E-state index contributed by atoms with van der Waals surface area (Å²) in [7, 11) is 0. The van der Waals surface area contributed by atoms with Crippen LogP contribution in [0, 0.1) is 24.1 Å². The van der Waals surface area contributed by atoms with Crippen LogP contribution in [0.25, 0.3) is 5.69 Å². The molecule has 0 saturated carbocycles. The zero-order chi connectivity index (χ0) is 16.2. The van der Waals surface area contributed by atoms with E-state index in [0.29, 0.717) is 12.2 Å². The van der Waals surface area contributed by atoms with Crippen LogP contribution in [0.2, 0.25) is 0 Å². The lowest BCUT2D eigenvalue weighted by Crippen LogP contribution is -2.07. The fraction of sp³-hybridized carbons (Fsp3) is 0.111. The molecule has 1 aromatic heterocycles. The van der Waals surface area contributed by atoms with Crippen LogP contribution in [-0.2, 0) is 6.54 Å². The molecule has 0 spiro atoms. The van der Waals surface area contributed by atoms with Crippen molar-refractivity contribution in [2.45, 2.75) is 13.5 Å². The van der Waals surface area contributed by atoms with Gasteiger partial charge in [0.1, 0.15) is 23.3 Å². The number of nitrogens with zero attached hydrogens (tertiary/aromatic N) is 3.